The first-order valence-corrected chi connectivity index (χ1v) is 8.19. The molecule has 124 valence electrons. The molecule has 2 atom stereocenters. The van der Waals surface area contributed by atoms with Gasteiger partial charge in [0.1, 0.15) is 0 Å². The Kier molecular flexibility index (Phi) is 4.76. The van der Waals surface area contributed by atoms with E-state index in [1.54, 1.807) is 41.3 Å². The Bertz CT molecular complexity index is 732. The van der Waals surface area contributed by atoms with Gasteiger partial charge in [-0.15, -0.1) is 0 Å². The smallest absolute Gasteiger partial charge is 0.254 e. The molecule has 0 aromatic heterocycles. The Hall–Kier alpha value is -2.46. The molecule has 1 amide bonds. The molecule has 1 aliphatic heterocycles. The number of carbonyl (C=O) groups is 2. The Morgan fingerprint density at radius 3 is 2.04 bits per heavy atom. The van der Waals surface area contributed by atoms with Gasteiger partial charge in [-0.3, -0.25) is 9.59 Å². The zero-order valence-electron chi connectivity index (χ0n) is 13.9. The van der Waals surface area contributed by atoms with Crippen molar-refractivity contribution in [1.82, 2.24) is 4.90 Å². The van der Waals surface area contributed by atoms with Gasteiger partial charge < -0.3 is 9.64 Å². The van der Waals surface area contributed by atoms with Crippen molar-refractivity contribution in [2.45, 2.75) is 26.1 Å². The zero-order chi connectivity index (χ0) is 17.1. The van der Waals surface area contributed by atoms with Crippen LogP contribution in [-0.2, 0) is 4.74 Å². The fraction of sp³-hybridized carbons (Fsp3) is 0.300. The number of hydrogen-bond acceptors (Lipinski definition) is 3. The molecule has 0 bridgehead atoms. The SMILES string of the molecule is C[C@@H]1CN(C(=O)c2ccccc2C(=O)c2ccccc2)C[C@H](C)O1. The van der Waals surface area contributed by atoms with E-state index < -0.39 is 0 Å². The van der Waals surface area contributed by atoms with E-state index in [1.807, 2.05) is 32.0 Å². The predicted octanol–water partition coefficient (Wildman–Crippen LogP) is 3.17. The molecule has 1 heterocycles. The molecule has 4 nitrogen and oxygen atoms in total. The molecule has 1 aliphatic rings. The van der Waals surface area contributed by atoms with Gasteiger partial charge in [0.05, 0.1) is 17.8 Å². The average molecular weight is 323 g/mol. The first-order chi connectivity index (χ1) is 11.6. The van der Waals surface area contributed by atoms with Crippen LogP contribution in [0.15, 0.2) is 54.6 Å². The number of ether oxygens (including phenoxy) is 1. The third-order valence-electron chi connectivity index (χ3n) is 4.14. The van der Waals surface area contributed by atoms with Crippen LogP contribution < -0.4 is 0 Å². The minimum Gasteiger partial charge on any atom is -0.372 e. The number of ketones is 1. The van der Waals surface area contributed by atoms with Crippen molar-refractivity contribution < 1.29 is 14.3 Å². The second-order valence-electron chi connectivity index (χ2n) is 6.21. The Morgan fingerprint density at radius 1 is 0.875 bits per heavy atom. The highest BCUT2D eigenvalue weighted by Gasteiger charge is 2.28. The Labute approximate surface area is 142 Å². The molecule has 1 saturated heterocycles. The second kappa shape index (κ2) is 6.97. The van der Waals surface area contributed by atoms with Gasteiger partial charge in [0.2, 0.25) is 0 Å². The highest BCUT2D eigenvalue weighted by atomic mass is 16.5. The summed E-state index contributed by atoms with van der Waals surface area (Å²) in [6, 6.07) is 16.1. The van der Waals surface area contributed by atoms with Crippen molar-refractivity contribution in [1.29, 1.82) is 0 Å². The van der Waals surface area contributed by atoms with Crippen LogP contribution in [0.4, 0.5) is 0 Å². The highest BCUT2D eigenvalue weighted by molar-refractivity contribution is 6.15. The standard InChI is InChI=1S/C20H21NO3/c1-14-12-21(13-15(2)24-14)20(23)18-11-7-6-10-17(18)19(22)16-8-4-3-5-9-16/h3-11,14-15H,12-13H2,1-2H3/t14-,15+. The largest absolute Gasteiger partial charge is 0.372 e. The van der Waals surface area contributed by atoms with Crippen molar-refractivity contribution in [2.75, 3.05) is 13.1 Å². The molecule has 0 radical (unpaired) electrons. The summed E-state index contributed by atoms with van der Waals surface area (Å²) < 4.78 is 5.69. The predicted molar refractivity (Wildman–Crippen MR) is 92.2 cm³/mol. The second-order valence-corrected chi connectivity index (χ2v) is 6.21. The Balaban J connectivity index is 1.92. The summed E-state index contributed by atoms with van der Waals surface area (Å²) in [7, 11) is 0. The molecule has 0 aliphatic carbocycles. The number of nitrogens with zero attached hydrogens (tertiary/aromatic N) is 1. The summed E-state index contributed by atoms with van der Waals surface area (Å²) in [6.45, 7) is 4.99. The van der Waals surface area contributed by atoms with E-state index in [0.717, 1.165) is 0 Å². The van der Waals surface area contributed by atoms with E-state index in [1.165, 1.54) is 0 Å². The molecule has 0 unspecified atom stereocenters. The van der Waals surface area contributed by atoms with Crippen LogP contribution in [0.25, 0.3) is 0 Å². The van der Waals surface area contributed by atoms with Crippen LogP contribution in [0.1, 0.15) is 40.1 Å². The van der Waals surface area contributed by atoms with Gasteiger partial charge in [0.25, 0.3) is 5.91 Å². The lowest BCUT2D eigenvalue weighted by atomic mass is 9.97. The van der Waals surface area contributed by atoms with Crippen molar-refractivity contribution in [3.05, 3.63) is 71.3 Å². The maximum absolute atomic E-state index is 13.0. The summed E-state index contributed by atoms with van der Waals surface area (Å²) >= 11 is 0. The zero-order valence-corrected chi connectivity index (χ0v) is 13.9. The van der Waals surface area contributed by atoms with Gasteiger partial charge in [0, 0.05) is 24.2 Å². The number of carbonyl (C=O) groups excluding carboxylic acids is 2. The van der Waals surface area contributed by atoms with Crippen molar-refractivity contribution >= 4 is 11.7 Å². The first kappa shape index (κ1) is 16.4. The maximum Gasteiger partial charge on any atom is 0.254 e. The summed E-state index contributed by atoms with van der Waals surface area (Å²) in [5.41, 5.74) is 1.48. The fourth-order valence-corrected chi connectivity index (χ4v) is 3.13. The molecule has 0 N–H and O–H groups in total. The highest BCUT2D eigenvalue weighted by Crippen LogP contribution is 2.19. The van der Waals surface area contributed by atoms with E-state index in [4.69, 9.17) is 4.74 Å². The summed E-state index contributed by atoms with van der Waals surface area (Å²) in [5.74, 6) is -0.245. The van der Waals surface area contributed by atoms with Crippen LogP contribution in [0.2, 0.25) is 0 Å². The number of amides is 1. The normalized spacial score (nSPS) is 20.7. The van der Waals surface area contributed by atoms with E-state index in [0.29, 0.717) is 29.8 Å². The molecular formula is C20H21NO3. The van der Waals surface area contributed by atoms with Crippen molar-refractivity contribution in [2.24, 2.45) is 0 Å². The van der Waals surface area contributed by atoms with Crippen LogP contribution in [0.3, 0.4) is 0 Å². The number of hydrogen-bond donors (Lipinski definition) is 0. The minimum atomic E-state index is -0.131. The molecule has 2 aromatic rings. The molecule has 3 rings (SSSR count). The van der Waals surface area contributed by atoms with E-state index >= 15 is 0 Å². The van der Waals surface area contributed by atoms with Gasteiger partial charge in [-0.2, -0.15) is 0 Å². The maximum atomic E-state index is 13.0. The number of rotatable bonds is 3. The van der Waals surface area contributed by atoms with Crippen LogP contribution in [0.5, 0.6) is 0 Å². The summed E-state index contributed by atoms with van der Waals surface area (Å²) in [6.07, 6.45) is -0.00984. The molecular weight excluding hydrogens is 302 g/mol. The molecule has 4 heteroatoms. The monoisotopic (exact) mass is 323 g/mol. The quantitative estimate of drug-likeness (QED) is 0.815. The lowest BCUT2D eigenvalue weighted by Crippen LogP contribution is -2.48. The lowest BCUT2D eigenvalue weighted by molar-refractivity contribution is -0.0586. The van der Waals surface area contributed by atoms with Gasteiger partial charge >= 0.3 is 0 Å². The molecule has 1 fully saturated rings. The van der Waals surface area contributed by atoms with E-state index in [9.17, 15) is 9.59 Å². The molecule has 2 aromatic carbocycles. The third-order valence-corrected chi connectivity index (χ3v) is 4.14. The van der Waals surface area contributed by atoms with Gasteiger partial charge in [-0.05, 0) is 19.9 Å². The first-order valence-electron chi connectivity index (χ1n) is 8.19. The van der Waals surface area contributed by atoms with Crippen molar-refractivity contribution in [3.8, 4) is 0 Å². The van der Waals surface area contributed by atoms with Gasteiger partial charge in [-0.25, -0.2) is 0 Å². The van der Waals surface area contributed by atoms with Gasteiger partial charge in [0.15, 0.2) is 5.78 Å². The topological polar surface area (TPSA) is 46.6 Å². The number of benzene rings is 2. The fourth-order valence-electron chi connectivity index (χ4n) is 3.13. The molecule has 0 spiro atoms. The van der Waals surface area contributed by atoms with E-state index in [-0.39, 0.29) is 23.9 Å². The van der Waals surface area contributed by atoms with Crippen molar-refractivity contribution in [3.63, 3.8) is 0 Å². The lowest BCUT2D eigenvalue weighted by Gasteiger charge is -2.35. The number of morpholine rings is 1. The molecule has 24 heavy (non-hydrogen) atoms. The third kappa shape index (κ3) is 3.39. The molecule has 0 saturated carbocycles. The van der Waals surface area contributed by atoms with Crippen LogP contribution >= 0.6 is 0 Å². The minimum absolute atomic E-state index is 0.00492. The summed E-state index contributed by atoms with van der Waals surface area (Å²) in [4.78, 5) is 27.5. The Morgan fingerprint density at radius 2 is 1.42 bits per heavy atom. The van der Waals surface area contributed by atoms with Crippen LogP contribution in [-0.4, -0.2) is 41.9 Å². The average Bonchev–Trinajstić information content (AvgIpc) is 2.60. The summed E-state index contributed by atoms with van der Waals surface area (Å²) in [5, 5.41) is 0. The van der Waals surface area contributed by atoms with E-state index in [2.05, 4.69) is 0 Å². The van der Waals surface area contributed by atoms with Crippen LogP contribution in [0, 0.1) is 0 Å². The van der Waals surface area contributed by atoms with Gasteiger partial charge in [-0.1, -0.05) is 48.5 Å².